The summed E-state index contributed by atoms with van der Waals surface area (Å²) in [5, 5.41) is 19.5. The summed E-state index contributed by atoms with van der Waals surface area (Å²) in [6.45, 7) is 4.14. The van der Waals surface area contributed by atoms with E-state index in [1.807, 2.05) is 13.0 Å². The van der Waals surface area contributed by atoms with Crippen molar-refractivity contribution in [2.45, 2.75) is 20.3 Å². The van der Waals surface area contributed by atoms with Crippen LogP contribution in [0.4, 0.5) is 5.69 Å². The maximum Gasteiger partial charge on any atom is 0.271 e. The SMILES string of the molecule is CCCOc1c(C)cc([N+](=O)[O-])cc1C#N. The van der Waals surface area contributed by atoms with Crippen molar-refractivity contribution in [1.82, 2.24) is 0 Å². The van der Waals surface area contributed by atoms with Gasteiger partial charge < -0.3 is 4.74 Å². The molecular formula is C11H12N2O3. The van der Waals surface area contributed by atoms with Crippen LogP contribution in [0.15, 0.2) is 12.1 Å². The van der Waals surface area contributed by atoms with Crippen molar-refractivity contribution in [3.8, 4) is 11.8 Å². The molecule has 84 valence electrons. The highest BCUT2D eigenvalue weighted by molar-refractivity contribution is 5.54. The molecule has 0 aliphatic heterocycles. The Balaban J connectivity index is 3.19. The van der Waals surface area contributed by atoms with E-state index in [9.17, 15) is 10.1 Å². The Morgan fingerprint density at radius 3 is 2.75 bits per heavy atom. The summed E-state index contributed by atoms with van der Waals surface area (Å²) in [6.07, 6.45) is 0.821. The van der Waals surface area contributed by atoms with Crippen molar-refractivity contribution in [1.29, 1.82) is 5.26 Å². The summed E-state index contributed by atoms with van der Waals surface area (Å²) >= 11 is 0. The van der Waals surface area contributed by atoms with E-state index in [0.29, 0.717) is 17.9 Å². The molecule has 5 nitrogen and oxygen atoms in total. The molecule has 0 N–H and O–H groups in total. The van der Waals surface area contributed by atoms with Gasteiger partial charge in [-0.15, -0.1) is 0 Å². The molecule has 0 fully saturated rings. The van der Waals surface area contributed by atoms with Gasteiger partial charge in [0, 0.05) is 12.1 Å². The van der Waals surface area contributed by atoms with E-state index < -0.39 is 4.92 Å². The van der Waals surface area contributed by atoms with Gasteiger partial charge in [0.2, 0.25) is 0 Å². The first-order valence-electron chi connectivity index (χ1n) is 4.92. The van der Waals surface area contributed by atoms with Gasteiger partial charge in [-0.25, -0.2) is 0 Å². The van der Waals surface area contributed by atoms with Crippen LogP contribution in [0.25, 0.3) is 0 Å². The molecule has 16 heavy (non-hydrogen) atoms. The fourth-order valence-corrected chi connectivity index (χ4v) is 1.34. The average Bonchev–Trinajstić information content (AvgIpc) is 2.26. The number of ether oxygens (including phenoxy) is 1. The van der Waals surface area contributed by atoms with Crippen LogP contribution in [0, 0.1) is 28.4 Å². The lowest BCUT2D eigenvalue weighted by molar-refractivity contribution is -0.384. The molecule has 0 aliphatic carbocycles. The molecule has 0 bridgehead atoms. The van der Waals surface area contributed by atoms with E-state index in [1.54, 1.807) is 6.92 Å². The van der Waals surface area contributed by atoms with E-state index in [4.69, 9.17) is 10.00 Å². The van der Waals surface area contributed by atoms with E-state index in [-0.39, 0.29) is 11.3 Å². The van der Waals surface area contributed by atoms with E-state index in [0.717, 1.165) is 6.42 Å². The van der Waals surface area contributed by atoms with Crippen LogP contribution in [0.5, 0.6) is 5.75 Å². The fraction of sp³-hybridized carbons (Fsp3) is 0.364. The minimum absolute atomic E-state index is 0.0853. The number of hydrogen-bond donors (Lipinski definition) is 0. The van der Waals surface area contributed by atoms with Crippen LogP contribution in [0.1, 0.15) is 24.5 Å². The van der Waals surface area contributed by atoms with Crippen LogP contribution < -0.4 is 4.74 Å². The Bertz CT molecular complexity index is 449. The molecule has 0 atom stereocenters. The molecule has 1 aromatic carbocycles. The van der Waals surface area contributed by atoms with Gasteiger partial charge in [0.15, 0.2) is 0 Å². The molecular weight excluding hydrogens is 208 g/mol. The molecule has 1 rings (SSSR count). The highest BCUT2D eigenvalue weighted by Gasteiger charge is 2.15. The molecule has 0 aromatic heterocycles. The molecule has 0 heterocycles. The van der Waals surface area contributed by atoms with E-state index in [2.05, 4.69) is 0 Å². The standard InChI is InChI=1S/C11H12N2O3/c1-3-4-16-11-8(2)5-10(13(14)15)6-9(11)7-12/h5-6H,3-4H2,1-2H3. The number of benzene rings is 1. The van der Waals surface area contributed by atoms with Gasteiger partial charge in [0.25, 0.3) is 5.69 Å². The lowest BCUT2D eigenvalue weighted by Crippen LogP contribution is -2.01. The van der Waals surface area contributed by atoms with Crippen LogP contribution in [-0.4, -0.2) is 11.5 Å². The number of nitro benzene ring substituents is 1. The van der Waals surface area contributed by atoms with E-state index >= 15 is 0 Å². The summed E-state index contributed by atoms with van der Waals surface area (Å²) in [5.74, 6) is 0.440. The molecule has 0 saturated carbocycles. The van der Waals surface area contributed by atoms with Crippen LogP contribution >= 0.6 is 0 Å². The second-order valence-corrected chi connectivity index (χ2v) is 3.36. The van der Waals surface area contributed by atoms with Crippen LogP contribution in [0.3, 0.4) is 0 Å². The summed E-state index contributed by atoms with van der Waals surface area (Å²) in [4.78, 5) is 10.1. The van der Waals surface area contributed by atoms with E-state index in [1.165, 1.54) is 12.1 Å². The molecule has 0 unspecified atom stereocenters. The number of nitriles is 1. The van der Waals surface area contributed by atoms with Gasteiger partial charge >= 0.3 is 0 Å². The van der Waals surface area contributed by atoms with Gasteiger partial charge in [-0.2, -0.15) is 5.26 Å². The number of hydrogen-bond acceptors (Lipinski definition) is 4. The highest BCUT2D eigenvalue weighted by Crippen LogP contribution is 2.28. The first-order valence-corrected chi connectivity index (χ1v) is 4.92. The van der Waals surface area contributed by atoms with Gasteiger partial charge in [-0.1, -0.05) is 6.92 Å². The zero-order chi connectivity index (χ0) is 12.1. The second-order valence-electron chi connectivity index (χ2n) is 3.36. The van der Waals surface area contributed by atoms with Crippen LogP contribution in [0.2, 0.25) is 0 Å². The minimum atomic E-state index is -0.516. The second kappa shape index (κ2) is 5.12. The zero-order valence-corrected chi connectivity index (χ0v) is 9.19. The smallest absolute Gasteiger partial charge is 0.271 e. The Hall–Kier alpha value is -2.09. The summed E-state index contributed by atoms with van der Waals surface area (Å²) < 4.78 is 5.40. The van der Waals surface area contributed by atoms with Crippen molar-refractivity contribution in [3.63, 3.8) is 0 Å². The minimum Gasteiger partial charge on any atom is -0.492 e. The highest BCUT2D eigenvalue weighted by atomic mass is 16.6. The number of non-ortho nitro benzene ring substituents is 1. The summed E-state index contributed by atoms with van der Waals surface area (Å²) in [6, 6.07) is 4.55. The van der Waals surface area contributed by atoms with Crippen molar-refractivity contribution in [2.75, 3.05) is 6.61 Å². The predicted molar refractivity (Wildman–Crippen MR) is 58.3 cm³/mol. The third kappa shape index (κ3) is 2.48. The molecule has 0 radical (unpaired) electrons. The number of nitrogens with zero attached hydrogens (tertiary/aromatic N) is 2. The van der Waals surface area contributed by atoms with Crippen molar-refractivity contribution < 1.29 is 9.66 Å². The number of aryl methyl sites for hydroxylation is 1. The van der Waals surface area contributed by atoms with Crippen LogP contribution in [-0.2, 0) is 0 Å². The molecule has 1 aromatic rings. The maximum atomic E-state index is 10.6. The Morgan fingerprint density at radius 2 is 2.25 bits per heavy atom. The monoisotopic (exact) mass is 220 g/mol. The quantitative estimate of drug-likeness (QED) is 0.577. The van der Waals surface area contributed by atoms with Gasteiger partial charge in [0.05, 0.1) is 11.5 Å². The summed E-state index contributed by atoms with van der Waals surface area (Å²) in [7, 11) is 0. The molecule has 0 amide bonds. The van der Waals surface area contributed by atoms with Crippen molar-refractivity contribution in [3.05, 3.63) is 33.4 Å². The molecule has 0 spiro atoms. The molecule has 0 aliphatic rings. The fourth-order valence-electron chi connectivity index (χ4n) is 1.34. The first-order chi connectivity index (χ1) is 7.60. The topological polar surface area (TPSA) is 76.2 Å². The lowest BCUT2D eigenvalue weighted by atomic mass is 10.1. The van der Waals surface area contributed by atoms with Gasteiger partial charge in [-0.3, -0.25) is 10.1 Å². The molecule has 0 saturated heterocycles. The molecule has 5 heteroatoms. The Morgan fingerprint density at radius 1 is 1.56 bits per heavy atom. The normalized spacial score (nSPS) is 9.56. The van der Waals surface area contributed by atoms with Gasteiger partial charge in [-0.05, 0) is 18.9 Å². The zero-order valence-electron chi connectivity index (χ0n) is 9.19. The third-order valence-corrected chi connectivity index (χ3v) is 2.04. The van der Waals surface area contributed by atoms with Crippen molar-refractivity contribution in [2.24, 2.45) is 0 Å². The largest absolute Gasteiger partial charge is 0.492 e. The van der Waals surface area contributed by atoms with Crippen molar-refractivity contribution >= 4 is 5.69 Å². The number of rotatable bonds is 4. The Kier molecular flexibility index (Phi) is 3.84. The lowest BCUT2D eigenvalue weighted by Gasteiger charge is -2.09. The maximum absolute atomic E-state index is 10.6. The summed E-state index contributed by atoms with van der Waals surface area (Å²) in [5.41, 5.74) is 0.734. The van der Waals surface area contributed by atoms with Gasteiger partial charge in [0.1, 0.15) is 17.4 Å². The first kappa shape index (κ1) is 12.0. The predicted octanol–water partition coefficient (Wildman–Crippen LogP) is 2.56. The third-order valence-electron chi connectivity index (χ3n) is 2.04. The number of nitro groups is 1. The average molecular weight is 220 g/mol. The Labute approximate surface area is 93.4 Å².